The summed E-state index contributed by atoms with van der Waals surface area (Å²) < 4.78 is 111. The van der Waals surface area contributed by atoms with E-state index >= 15 is 0 Å². The zero-order valence-electron chi connectivity index (χ0n) is 18.4. The molecule has 16 heteroatoms. The van der Waals surface area contributed by atoms with Crippen LogP contribution in [-0.4, -0.2) is 36.8 Å². The number of nitrogens with zero attached hydrogens (tertiary/aromatic N) is 2. The lowest BCUT2D eigenvalue weighted by atomic mass is 10.1. The minimum atomic E-state index is -5.20. The lowest BCUT2D eigenvalue weighted by Gasteiger charge is -2.26. The maximum absolute atomic E-state index is 13.1. The molecule has 3 rings (SSSR count). The molecule has 1 aliphatic heterocycles. The SMILES string of the molecule is CC(C)(C)OC(=O)ON1CCc2nc(NS(=O)(=O)c3cc(C(F)(F)F)cc(C(F)(F)F)c3)sc2C1. The van der Waals surface area contributed by atoms with E-state index in [0.29, 0.717) is 10.6 Å². The number of ether oxygens (including phenoxy) is 1. The third-order valence-corrected chi connectivity index (χ3v) is 6.83. The molecule has 2 aromatic rings. The first-order valence-corrected chi connectivity index (χ1v) is 12.1. The molecule has 0 saturated carbocycles. The second kappa shape index (κ2) is 9.13. The predicted octanol–water partition coefficient (Wildman–Crippen LogP) is 5.21. The first kappa shape index (κ1) is 27.0. The molecule has 1 aromatic heterocycles. The van der Waals surface area contributed by atoms with E-state index in [1.54, 1.807) is 20.8 Å². The van der Waals surface area contributed by atoms with Gasteiger partial charge in [-0.05, 0) is 39.0 Å². The number of halogens is 6. The number of thiazole rings is 1. The molecule has 35 heavy (non-hydrogen) atoms. The molecule has 2 heterocycles. The van der Waals surface area contributed by atoms with Gasteiger partial charge in [0.2, 0.25) is 0 Å². The number of carbonyl (C=O) groups excluding carboxylic acids is 1. The van der Waals surface area contributed by atoms with Crippen LogP contribution in [0.5, 0.6) is 0 Å². The Morgan fingerprint density at radius 1 is 1.06 bits per heavy atom. The Balaban J connectivity index is 1.81. The van der Waals surface area contributed by atoms with Crippen LogP contribution in [0.2, 0.25) is 0 Å². The number of sulfonamides is 1. The van der Waals surface area contributed by atoms with E-state index in [0.717, 1.165) is 11.3 Å². The van der Waals surface area contributed by atoms with Crippen LogP contribution >= 0.6 is 11.3 Å². The number of fused-ring (bicyclic) bond motifs is 1. The van der Waals surface area contributed by atoms with E-state index in [2.05, 4.69) is 4.98 Å². The summed E-state index contributed by atoms with van der Waals surface area (Å²) in [5, 5.41) is 0.995. The van der Waals surface area contributed by atoms with Gasteiger partial charge in [-0.25, -0.2) is 18.2 Å². The minimum absolute atomic E-state index is 0.0236. The number of hydrogen-bond donors (Lipinski definition) is 1. The summed E-state index contributed by atoms with van der Waals surface area (Å²) in [6.07, 6.45) is -11.1. The fourth-order valence-electron chi connectivity index (χ4n) is 2.92. The van der Waals surface area contributed by atoms with Gasteiger partial charge < -0.3 is 9.57 Å². The van der Waals surface area contributed by atoms with Crippen molar-refractivity contribution < 1.29 is 49.1 Å². The zero-order valence-corrected chi connectivity index (χ0v) is 20.0. The molecule has 1 aromatic carbocycles. The van der Waals surface area contributed by atoms with Crippen LogP contribution in [0.25, 0.3) is 0 Å². The van der Waals surface area contributed by atoms with Gasteiger partial charge in [-0.15, -0.1) is 5.06 Å². The second-order valence-electron chi connectivity index (χ2n) is 8.41. The van der Waals surface area contributed by atoms with Crippen molar-refractivity contribution in [1.29, 1.82) is 0 Å². The number of nitrogens with one attached hydrogen (secondary N) is 1. The number of hydrogen-bond acceptors (Lipinski definition) is 8. The Hall–Kier alpha value is -2.59. The lowest BCUT2D eigenvalue weighted by Crippen LogP contribution is -2.35. The van der Waals surface area contributed by atoms with Crippen molar-refractivity contribution in [3.8, 4) is 0 Å². The molecule has 0 unspecified atom stereocenters. The van der Waals surface area contributed by atoms with Crippen molar-refractivity contribution >= 4 is 32.6 Å². The van der Waals surface area contributed by atoms with Crippen molar-refractivity contribution in [3.05, 3.63) is 39.9 Å². The van der Waals surface area contributed by atoms with E-state index in [1.807, 2.05) is 4.72 Å². The Labute approximate surface area is 199 Å². The van der Waals surface area contributed by atoms with Crippen LogP contribution in [0.4, 0.5) is 36.3 Å². The summed E-state index contributed by atoms with van der Waals surface area (Å²) in [6.45, 7) is 5.16. The molecule has 0 radical (unpaired) electrons. The molecular formula is C19H19F6N3O5S2. The summed E-state index contributed by atoms with van der Waals surface area (Å²) in [5.74, 6) is 0. The summed E-state index contributed by atoms with van der Waals surface area (Å²) in [4.78, 5) is 20.3. The number of carbonyl (C=O) groups is 1. The predicted molar refractivity (Wildman–Crippen MR) is 111 cm³/mol. The smallest absolute Gasteiger partial charge is 0.427 e. The Morgan fingerprint density at radius 3 is 2.14 bits per heavy atom. The van der Waals surface area contributed by atoms with Gasteiger partial charge >= 0.3 is 18.5 Å². The van der Waals surface area contributed by atoms with Crippen molar-refractivity contribution in [2.75, 3.05) is 11.3 Å². The molecule has 0 amide bonds. The third-order valence-electron chi connectivity index (χ3n) is 4.38. The van der Waals surface area contributed by atoms with Crippen LogP contribution in [0.1, 0.15) is 42.5 Å². The maximum Gasteiger partial charge on any atom is 0.528 e. The van der Waals surface area contributed by atoms with Crippen LogP contribution in [-0.2, 0) is 44.9 Å². The maximum atomic E-state index is 13.1. The van der Waals surface area contributed by atoms with Gasteiger partial charge in [0.05, 0.1) is 28.3 Å². The minimum Gasteiger partial charge on any atom is -0.427 e. The Kier molecular flexibility index (Phi) is 7.04. The molecule has 0 fully saturated rings. The number of aromatic nitrogens is 1. The van der Waals surface area contributed by atoms with E-state index in [1.165, 1.54) is 5.06 Å². The van der Waals surface area contributed by atoms with Gasteiger partial charge in [-0.3, -0.25) is 4.72 Å². The average Bonchev–Trinajstić information content (AvgIpc) is 3.05. The van der Waals surface area contributed by atoms with Crippen molar-refractivity contribution in [1.82, 2.24) is 10.0 Å². The molecule has 194 valence electrons. The molecule has 1 N–H and O–H groups in total. The van der Waals surface area contributed by atoms with Crippen LogP contribution in [0, 0.1) is 0 Å². The largest absolute Gasteiger partial charge is 0.528 e. The highest BCUT2D eigenvalue weighted by molar-refractivity contribution is 7.93. The van der Waals surface area contributed by atoms with E-state index < -0.39 is 50.2 Å². The normalized spacial score (nSPS) is 15.5. The van der Waals surface area contributed by atoms with Gasteiger partial charge in [-0.1, -0.05) is 11.3 Å². The number of alkyl halides is 6. The molecule has 0 bridgehead atoms. The number of anilines is 1. The van der Waals surface area contributed by atoms with Gasteiger partial charge in [0.25, 0.3) is 10.0 Å². The lowest BCUT2D eigenvalue weighted by molar-refractivity contribution is -0.150. The van der Waals surface area contributed by atoms with Crippen molar-refractivity contribution in [3.63, 3.8) is 0 Å². The second-order valence-corrected chi connectivity index (χ2v) is 11.2. The fourth-order valence-corrected chi connectivity index (χ4v) is 5.24. The monoisotopic (exact) mass is 547 g/mol. The van der Waals surface area contributed by atoms with E-state index in [9.17, 15) is 39.6 Å². The standard InChI is InChI=1S/C19H19F6N3O5S2/c1-17(2,3)32-16(29)33-28-5-4-13-14(9-28)34-15(26-13)27-35(30,31)12-7-10(18(20,21)22)6-11(8-12)19(23,24)25/h6-8H,4-5,9H2,1-3H3,(H,26,27). The highest BCUT2D eigenvalue weighted by Crippen LogP contribution is 2.38. The van der Waals surface area contributed by atoms with Crippen LogP contribution in [0.15, 0.2) is 23.1 Å². The molecule has 0 aliphatic carbocycles. The highest BCUT2D eigenvalue weighted by Gasteiger charge is 2.38. The quantitative estimate of drug-likeness (QED) is 0.415. The number of hydroxylamine groups is 2. The van der Waals surface area contributed by atoms with Crippen molar-refractivity contribution in [2.45, 2.75) is 56.6 Å². The molecule has 0 spiro atoms. The van der Waals surface area contributed by atoms with Crippen LogP contribution < -0.4 is 4.72 Å². The number of rotatable bonds is 4. The van der Waals surface area contributed by atoms with Gasteiger partial charge in [-0.2, -0.15) is 26.3 Å². The zero-order chi connectivity index (χ0) is 26.4. The van der Waals surface area contributed by atoms with Crippen molar-refractivity contribution in [2.24, 2.45) is 0 Å². The van der Waals surface area contributed by atoms with E-state index in [4.69, 9.17) is 9.57 Å². The van der Waals surface area contributed by atoms with E-state index in [-0.39, 0.29) is 42.8 Å². The Morgan fingerprint density at radius 2 is 1.63 bits per heavy atom. The van der Waals surface area contributed by atoms with Gasteiger partial charge in [0.1, 0.15) is 5.60 Å². The van der Waals surface area contributed by atoms with Gasteiger partial charge in [0, 0.05) is 17.8 Å². The summed E-state index contributed by atoms with van der Waals surface area (Å²) >= 11 is 0.801. The third kappa shape index (κ3) is 6.98. The van der Waals surface area contributed by atoms with Crippen LogP contribution in [0.3, 0.4) is 0 Å². The molecule has 0 atom stereocenters. The number of benzene rings is 1. The summed E-state index contributed by atoms with van der Waals surface area (Å²) in [7, 11) is -4.85. The first-order valence-electron chi connectivity index (χ1n) is 9.80. The summed E-state index contributed by atoms with van der Waals surface area (Å²) in [5.41, 5.74) is -3.87. The Bertz CT molecular complexity index is 1190. The molecular weight excluding hydrogens is 528 g/mol. The summed E-state index contributed by atoms with van der Waals surface area (Å²) in [6, 6.07) is 0.0589. The molecule has 0 saturated heterocycles. The highest BCUT2D eigenvalue weighted by atomic mass is 32.2. The fraction of sp³-hybridized carbons (Fsp3) is 0.474. The average molecular weight is 547 g/mol. The topological polar surface area (TPSA) is 97.8 Å². The van der Waals surface area contributed by atoms with Gasteiger partial charge in [0.15, 0.2) is 5.13 Å². The first-order chi connectivity index (χ1) is 15.8. The molecule has 8 nitrogen and oxygen atoms in total. The molecule has 1 aliphatic rings.